The molecule has 0 spiro atoms. The summed E-state index contributed by atoms with van der Waals surface area (Å²) in [4.78, 5) is 17.3. The van der Waals surface area contributed by atoms with Gasteiger partial charge in [-0.25, -0.2) is 13.4 Å². The Hall–Kier alpha value is -2.91. The van der Waals surface area contributed by atoms with Crippen molar-refractivity contribution in [3.8, 4) is 5.75 Å². The van der Waals surface area contributed by atoms with E-state index in [0.29, 0.717) is 36.5 Å². The summed E-state index contributed by atoms with van der Waals surface area (Å²) < 4.78 is 34.6. The van der Waals surface area contributed by atoms with Gasteiger partial charge in [-0.15, -0.1) is 0 Å². The second-order valence-electron chi connectivity index (χ2n) is 7.98. The largest absolute Gasteiger partial charge is 0.497 e. The van der Waals surface area contributed by atoms with Gasteiger partial charge in [0.05, 0.1) is 23.0 Å². The Morgan fingerprint density at radius 3 is 2.66 bits per heavy atom. The van der Waals surface area contributed by atoms with Crippen LogP contribution in [0.3, 0.4) is 0 Å². The number of fused-ring (bicyclic) bond motifs is 1. The van der Waals surface area contributed by atoms with Crippen LogP contribution in [0.2, 0.25) is 0 Å². The third kappa shape index (κ3) is 4.63. The van der Waals surface area contributed by atoms with E-state index in [1.54, 1.807) is 41.7 Å². The predicted octanol–water partition coefficient (Wildman–Crippen LogP) is 3.33. The van der Waals surface area contributed by atoms with Crippen molar-refractivity contribution in [2.24, 2.45) is 7.05 Å². The van der Waals surface area contributed by atoms with Gasteiger partial charge in [0.1, 0.15) is 11.6 Å². The lowest BCUT2D eigenvalue weighted by molar-refractivity contribution is -0.116. The molecule has 0 aliphatic carbocycles. The SMILES string of the molecule is COc1cccc(NC(=O)CCc2nc3cc(S(=O)(=O)N4CCCCC4)ccc3n2C)c1. The molecule has 1 saturated heterocycles. The van der Waals surface area contributed by atoms with Crippen molar-refractivity contribution in [2.45, 2.75) is 37.0 Å². The minimum absolute atomic E-state index is 0.126. The molecule has 9 heteroatoms. The highest BCUT2D eigenvalue weighted by molar-refractivity contribution is 7.89. The summed E-state index contributed by atoms with van der Waals surface area (Å²) in [5.74, 6) is 1.28. The number of aryl methyl sites for hydroxylation is 2. The highest BCUT2D eigenvalue weighted by Gasteiger charge is 2.26. The van der Waals surface area contributed by atoms with Gasteiger partial charge in [-0.05, 0) is 43.2 Å². The molecular formula is C23H28N4O4S. The van der Waals surface area contributed by atoms with Gasteiger partial charge in [-0.1, -0.05) is 12.5 Å². The fraction of sp³-hybridized carbons (Fsp3) is 0.391. The zero-order valence-electron chi connectivity index (χ0n) is 18.4. The van der Waals surface area contributed by atoms with Crippen LogP contribution in [0, 0.1) is 0 Å². The number of carbonyl (C=O) groups excluding carboxylic acids is 1. The summed E-state index contributed by atoms with van der Waals surface area (Å²) in [7, 11) is -0.0558. The highest BCUT2D eigenvalue weighted by Crippen LogP contribution is 2.25. The third-order valence-corrected chi connectivity index (χ3v) is 7.72. The molecule has 1 amide bonds. The predicted molar refractivity (Wildman–Crippen MR) is 123 cm³/mol. The average molecular weight is 457 g/mol. The number of aromatic nitrogens is 2. The van der Waals surface area contributed by atoms with Gasteiger partial charge in [0.25, 0.3) is 0 Å². The van der Waals surface area contributed by atoms with Gasteiger partial charge >= 0.3 is 0 Å². The number of rotatable bonds is 7. The first-order valence-corrected chi connectivity index (χ1v) is 12.2. The first-order valence-electron chi connectivity index (χ1n) is 10.8. The van der Waals surface area contributed by atoms with E-state index < -0.39 is 10.0 Å². The van der Waals surface area contributed by atoms with Crippen molar-refractivity contribution >= 4 is 32.7 Å². The van der Waals surface area contributed by atoms with Crippen LogP contribution in [0.1, 0.15) is 31.5 Å². The van der Waals surface area contributed by atoms with Crippen LogP contribution in [-0.4, -0.2) is 48.4 Å². The fourth-order valence-electron chi connectivity index (χ4n) is 4.02. The average Bonchev–Trinajstić information content (AvgIpc) is 3.13. The monoisotopic (exact) mass is 456 g/mol. The topological polar surface area (TPSA) is 93.5 Å². The molecule has 1 fully saturated rings. The smallest absolute Gasteiger partial charge is 0.243 e. The summed E-state index contributed by atoms with van der Waals surface area (Å²) in [5.41, 5.74) is 2.13. The summed E-state index contributed by atoms with van der Waals surface area (Å²) in [6.07, 6.45) is 3.56. The molecule has 2 heterocycles. The summed E-state index contributed by atoms with van der Waals surface area (Å²) in [6, 6.07) is 12.3. The Kier molecular flexibility index (Phi) is 6.48. The summed E-state index contributed by atoms with van der Waals surface area (Å²) >= 11 is 0. The van der Waals surface area contributed by atoms with Gasteiger partial charge in [0, 0.05) is 44.7 Å². The molecule has 0 atom stereocenters. The van der Waals surface area contributed by atoms with E-state index in [1.165, 1.54) is 0 Å². The number of anilines is 1. The molecule has 0 radical (unpaired) electrons. The minimum Gasteiger partial charge on any atom is -0.497 e. The van der Waals surface area contributed by atoms with E-state index in [2.05, 4.69) is 10.3 Å². The van der Waals surface area contributed by atoms with Crippen molar-refractivity contribution in [3.05, 3.63) is 48.3 Å². The standard InChI is InChI=1S/C23H28N4O4S/c1-26-21-10-9-19(32(29,30)27-13-4-3-5-14-27)16-20(21)25-22(26)11-12-23(28)24-17-7-6-8-18(15-17)31-2/h6-10,15-16H,3-5,11-14H2,1-2H3,(H,24,28). The zero-order valence-corrected chi connectivity index (χ0v) is 19.2. The third-order valence-electron chi connectivity index (χ3n) is 5.83. The number of amides is 1. The molecule has 3 aromatic rings. The normalized spacial score (nSPS) is 15.1. The Morgan fingerprint density at radius 2 is 1.91 bits per heavy atom. The number of nitrogens with one attached hydrogen (secondary N) is 1. The van der Waals surface area contributed by atoms with Crippen molar-refractivity contribution in [1.29, 1.82) is 0 Å². The maximum atomic E-state index is 13.0. The van der Waals surface area contributed by atoms with E-state index >= 15 is 0 Å². The molecule has 8 nitrogen and oxygen atoms in total. The molecule has 2 aromatic carbocycles. The van der Waals surface area contributed by atoms with Crippen LogP contribution < -0.4 is 10.1 Å². The van der Waals surface area contributed by atoms with Crippen LogP contribution in [0.4, 0.5) is 5.69 Å². The highest BCUT2D eigenvalue weighted by atomic mass is 32.2. The van der Waals surface area contributed by atoms with Gasteiger partial charge in [0.2, 0.25) is 15.9 Å². The van der Waals surface area contributed by atoms with Crippen LogP contribution >= 0.6 is 0 Å². The molecule has 0 saturated carbocycles. The lowest BCUT2D eigenvalue weighted by Crippen LogP contribution is -2.35. The van der Waals surface area contributed by atoms with Gasteiger partial charge < -0.3 is 14.6 Å². The lowest BCUT2D eigenvalue weighted by Gasteiger charge is -2.25. The number of piperidine rings is 1. The van der Waals surface area contributed by atoms with E-state index in [1.807, 2.05) is 23.7 Å². The number of imidazole rings is 1. The maximum Gasteiger partial charge on any atom is 0.243 e. The van der Waals surface area contributed by atoms with E-state index in [0.717, 1.165) is 30.6 Å². The molecule has 4 rings (SSSR count). The van der Waals surface area contributed by atoms with E-state index in [4.69, 9.17) is 4.74 Å². The molecular weight excluding hydrogens is 428 g/mol. The van der Waals surface area contributed by atoms with Gasteiger partial charge in [0.15, 0.2) is 0 Å². The number of hydrogen-bond acceptors (Lipinski definition) is 5. The molecule has 1 N–H and O–H groups in total. The molecule has 1 aromatic heterocycles. The van der Waals surface area contributed by atoms with Crippen molar-refractivity contribution in [1.82, 2.24) is 13.9 Å². The maximum absolute atomic E-state index is 13.0. The summed E-state index contributed by atoms with van der Waals surface area (Å²) in [6.45, 7) is 1.13. The van der Waals surface area contributed by atoms with Crippen molar-refractivity contribution in [2.75, 3.05) is 25.5 Å². The Bertz CT molecular complexity index is 1230. The fourth-order valence-corrected chi connectivity index (χ4v) is 5.56. The lowest BCUT2D eigenvalue weighted by atomic mass is 10.2. The Morgan fingerprint density at radius 1 is 1.12 bits per heavy atom. The number of hydrogen-bond donors (Lipinski definition) is 1. The Balaban J connectivity index is 1.47. The molecule has 170 valence electrons. The number of carbonyl (C=O) groups is 1. The Labute approximate surface area is 188 Å². The number of sulfonamides is 1. The number of methoxy groups -OCH3 is 1. The molecule has 1 aliphatic heterocycles. The molecule has 0 unspecified atom stereocenters. The number of benzene rings is 2. The zero-order chi connectivity index (χ0) is 22.7. The van der Waals surface area contributed by atoms with Crippen LogP contribution in [0.25, 0.3) is 11.0 Å². The number of ether oxygens (including phenoxy) is 1. The van der Waals surface area contributed by atoms with Crippen LogP contribution in [0.5, 0.6) is 5.75 Å². The second-order valence-corrected chi connectivity index (χ2v) is 9.92. The minimum atomic E-state index is -3.51. The first-order chi connectivity index (χ1) is 15.4. The quantitative estimate of drug-likeness (QED) is 0.589. The first kappa shape index (κ1) is 22.3. The molecule has 32 heavy (non-hydrogen) atoms. The van der Waals surface area contributed by atoms with E-state index in [-0.39, 0.29) is 17.2 Å². The second kappa shape index (κ2) is 9.30. The van der Waals surface area contributed by atoms with Gasteiger partial charge in [-0.2, -0.15) is 4.31 Å². The number of nitrogens with zero attached hydrogens (tertiary/aromatic N) is 3. The van der Waals surface area contributed by atoms with Crippen molar-refractivity contribution < 1.29 is 17.9 Å². The summed E-state index contributed by atoms with van der Waals surface area (Å²) in [5, 5.41) is 2.86. The van der Waals surface area contributed by atoms with Crippen LogP contribution in [0.15, 0.2) is 47.4 Å². The van der Waals surface area contributed by atoms with Crippen molar-refractivity contribution in [3.63, 3.8) is 0 Å². The van der Waals surface area contributed by atoms with Gasteiger partial charge in [-0.3, -0.25) is 4.79 Å². The van der Waals surface area contributed by atoms with E-state index in [9.17, 15) is 13.2 Å². The molecule has 1 aliphatic rings. The van der Waals surface area contributed by atoms with Crippen LogP contribution in [-0.2, 0) is 28.3 Å². The molecule has 0 bridgehead atoms.